The molecule has 3 atom stereocenters. The van der Waals surface area contributed by atoms with Crippen LogP contribution in [-0.4, -0.2) is 34.6 Å². The van der Waals surface area contributed by atoms with Gasteiger partial charge in [-0.05, 0) is 6.42 Å². The third-order valence-electron chi connectivity index (χ3n) is 3.00. The van der Waals surface area contributed by atoms with Crippen molar-refractivity contribution in [2.24, 2.45) is 5.73 Å². The van der Waals surface area contributed by atoms with Crippen molar-refractivity contribution >= 4 is 11.8 Å². The Labute approximate surface area is 105 Å². The molecule has 0 aliphatic carbocycles. The summed E-state index contributed by atoms with van der Waals surface area (Å²) in [5.41, 5.74) is 5.91. The highest BCUT2D eigenvalue weighted by molar-refractivity contribution is 7.99. The Hall–Kier alpha value is -0.590. The molecule has 0 aromatic carbocycles. The van der Waals surface area contributed by atoms with Crippen molar-refractivity contribution in [3.63, 3.8) is 0 Å². The van der Waals surface area contributed by atoms with Crippen molar-refractivity contribution in [3.8, 4) is 0 Å². The highest BCUT2D eigenvalue weighted by Gasteiger charge is 2.31. The molecule has 1 aromatic heterocycles. The smallest absolute Gasteiger partial charge is 0.233 e. The van der Waals surface area contributed by atoms with Gasteiger partial charge in [0.15, 0.2) is 5.82 Å². The normalized spacial score (nSPS) is 26.3. The third-order valence-corrected chi connectivity index (χ3v) is 4.32. The number of nitrogens with two attached hydrogens (primary N) is 1. The fourth-order valence-corrected chi connectivity index (χ4v) is 2.42. The van der Waals surface area contributed by atoms with Crippen molar-refractivity contribution < 1.29 is 9.26 Å². The zero-order valence-corrected chi connectivity index (χ0v) is 11.1. The van der Waals surface area contributed by atoms with Gasteiger partial charge in [0.25, 0.3) is 0 Å². The van der Waals surface area contributed by atoms with E-state index in [1.54, 1.807) is 0 Å². The van der Waals surface area contributed by atoms with E-state index in [0.717, 1.165) is 18.0 Å². The summed E-state index contributed by atoms with van der Waals surface area (Å²) in [6.07, 6.45) is 1.15. The van der Waals surface area contributed by atoms with Crippen LogP contribution in [0.3, 0.4) is 0 Å². The molecule has 0 saturated carbocycles. The number of ether oxygens (including phenoxy) is 1. The quantitative estimate of drug-likeness (QED) is 0.862. The van der Waals surface area contributed by atoms with Gasteiger partial charge in [-0.3, -0.25) is 0 Å². The van der Waals surface area contributed by atoms with Crippen molar-refractivity contribution in [2.45, 2.75) is 43.2 Å². The van der Waals surface area contributed by atoms with Gasteiger partial charge in [-0.1, -0.05) is 19.0 Å². The summed E-state index contributed by atoms with van der Waals surface area (Å²) < 4.78 is 10.5. The fourth-order valence-electron chi connectivity index (χ4n) is 1.64. The predicted octanol–water partition coefficient (Wildman–Crippen LogP) is 1.54. The molecular formula is C11H19N3O2S. The Bertz CT molecular complexity index is 358. The molecule has 5 nitrogen and oxygen atoms in total. The van der Waals surface area contributed by atoms with Crippen LogP contribution >= 0.6 is 11.8 Å². The topological polar surface area (TPSA) is 74.2 Å². The van der Waals surface area contributed by atoms with Crippen LogP contribution in [0.15, 0.2) is 4.52 Å². The Morgan fingerprint density at radius 1 is 1.53 bits per heavy atom. The molecule has 1 aromatic rings. The Morgan fingerprint density at radius 2 is 2.35 bits per heavy atom. The van der Waals surface area contributed by atoms with E-state index in [2.05, 4.69) is 24.0 Å². The first kappa shape index (κ1) is 12.9. The SMILES string of the molecule is CCC(C)SCc1noc(C2COCC2N)n1. The maximum atomic E-state index is 5.91. The van der Waals surface area contributed by atoms with Crippen LogP contribution < -0.4 is 5.73 Å². The summed E-state index contributed by atoms with van der Waals surface area (Å²) in [4.78, 5) is 4.39. The monoisotopic (exact) mass is 257 g/mol. The van der Waals surface area contributed by atoms with Crippen LogP contribution in [0.5, 0.6) is 0 Å². The molecule has 1 aliphatic heterocycles. The van der Waals surface area contributed by atoms with Gasteiger partial charge < -0.3 is 15.0 Å². The van der Waals surface area contributed by atoms with E-state index in [1.165, 1.54) is 0 Å². The average molecular weight is 257 g/mol. The molecule has 6 heteroatoms. The van der Waals surface area contributed by atoms with E-state index in [9.17, 15) is 0 Å². The van der Waals surface area contributed by atoms with Gasteiger partial charge in [0, 0.05) is 11.3 Å². The number of rotatable bonds is 5. The molecule has 2 N–H and O–H groups in total. The minimum absolute atomic E-state index is 0.0227. The van der Waals surface area contributed by atoms with Crippen LogP contribution in [0.2, 0.25) is 0 Å². The van der Waals surface area contributed by atoms with Crippen molar-refractivity contribution in [1.29, 1.82) is 0 Å². The first-order valence-electron chi connectivity index (χ1n) is 5.98. The van der Waals surface area contributed by atoms with Crippen molar-refractivity contribution in [1.82, 2.24) is 10.1 Å². The largest absolute Gasteiger partial charge is 0.379 e. The standard InChI is InChI=1S/C11H19N3O2S/c1-3-7(2)17-6-10-13-11(16-14-10)8-4-15-5-9(8)12/h7-9H,3-6,12H2,1-2H3. The molecule has 1 aliphatic rings. The minimum Gasteiger partial charge on any atom is -0.379 e. The molecule has 96 valence electrons. The number of aromatic nitrogens is 2. The van der Waals surface area contributed by atoms with E-state index in [4.69, 9.17) is 15.0 Å². The van der Waals surface area contributed by atoms with E-state index in [1.807, 2.05) is 11.8 Å². The summed E-state index contributed by atoms with van der Waals surface area (Å²) in [6.45, 7) is 5.53. The van der Waals surface area contributed by atoms with Gasteiger partial charge in [0.1, 0.15) is 0 Å². The molecule has 0 spiro atoms. The number of hydrogen-bond acceptors (Lipinski definition) is 6. The van der Waals surface area contributed by atoms with E-state index < -0.39 is 0 Å². The van der Waals surface area contributed by atoms with Crippen molar-refractivity contribution in [2.75, 3.05) is 13.2 Å². The molecule has 2 rings (SSSR count). The second kappa shape index (κ2) is 5.84. The zero-order chi connectivity index (χ0) is 12.3. The predicted molar refractivity (Wildman–Crippen MR) is 66.9 cm³/mol. The van der Waals surface area contributed by atoms with Gasteiger partial charge in [0.05, 0.1) is 24.9 Å². The van der Waals surface area contributed by atoms with Gasteiger partial charge in [-0.2, -0.15) is 16.7 Å². The molecule has 3 unspecified atom stereocenters. The number of thioether (sulfide) groups is 1. The molecule has 0 bridgehead atoms. The minimum atomic E-state index is -0.0227. The maximum absolute atomic E-state index is 5.91. The molecular weight excluding hydrogens is 238 g/mol. The second-order valence-electron chi connectivity index (χ2n) is 4.39. The second-order valence-corrected chi connectivity index (χ2v) is 5.81. The van der Waals surface area contributed by atoms with Gasteiger partial charge >= 0.3 is 0 Å². The Morgan fingerprint density at radius 3 is 3.00 bits per heavy atom. The van der Waals surface area contributed by atoms with Crippen LogP contribution in [0.25, 0.3) is 0 Å². The number of hydrogen-bond donors (Lipinski definition) is 1. The molecule has 0 radical (unpaired) electrons. The Kier molecular flexibility index (Phi) is 4.42. The number of nitrogens with zero attached hydrogens (tertiary/aromatic N) is 2. The summed E-state index contributed by atoms with van der Waals surface area (Å²) in [5.74, 6) is 2.23. The summed E-state index contributed by atoms with van der Waals surface area (Å²) in [7, 11) is 0. The van der Waals surface area contributed by atoms with Gasteiger partial charge in [-0.25, -0.2) is 0 Å². The van der Waals surface area contributed by atoms with Gasteiger partial charge in [-0.15, -0.1) is 0 Å². The lowest BCUT2D eigenvalue weighted by molar-refractivity contribution is 0.187. The summed E-state index contributed by atoms with van der Waals surface area (Å²) in [5, 5.41) is 4.60. The highest BCUT2D eigenvalue weighted by Crippen LogP contribution is 2.24. The lowest BCUT2D eigenvalue weighted by Crippen LogP contribution is -2.27. The van der Waals surface area contributed by atoms with Crippen LogP contribution in [0.4, 0.5) is 0 Å². The van der Waals surface area contributed by atoms with Crippen LogP contribution in [0, 0.1) is 0 Å². The molecule has 2 heterocycles. The van der Waals surface area contributed by atoms with Crippen molar-refractivity contribution in [3.05, 3.63) is 11.7 Å². The molecule has 1 saturated heterocycles. The lowest BCUT2D eigenvalue weighted by atomic mass is 10.1. The van der Waals surface area contributed by atoms with Crippen LogP contribution in [0.1, 0.15) is 37.9 Å². The Balaban J connectivity index is 1.91. The van der Waals surface area contributed by atoms with E-state index in [0.29, 0.717) is 24.4 Å². The summed E-state index contributed by atoms with van der Waals surface area (Å²) >= 11 is 1.84. The third kappa shape index (κ3) is 3.20. The molecule has 17 heavy (non-hydrogen) atoms. The summed E-state index contributed by atoms with van der Waals surface area (Å²) in [6, 6.07) is -0.0227. The average Bonchev–Trinajstić information content (AvgIpc) is 2.94. The van der Waals surface area contributed by atoms with Crippen LogP contribution in [-0.2, 0) is 10.5 Å². The first-order valence-corrected chi connectivity index (χ1v) is 7.03. The maximum Gasteiger partial charge on any atom is 0.233 e. The van der Waals surface area contributed by atoms with E-state index >= 15 is 0 Å². The lowest BCUT2D eigenvalue weighted by Gasteiger charge is -2.06. The highest BCUT2D eigenvalue weighted by atomic mass is 32.2. The first-order chi connectivity index (χ1) is 8.20. The van der Waals surface area contributed by atoms with E-state index in [-0.39, 0.29) is 12.0 Å². The fraction of sp³-hybridized carbons (Fsp3) is 0.818. The molecule has 0 amide bonds. The molecule has 1 fully saturated rings. The zero-order valence-electron chi connectivity index (χ0n) is 10.3. The van der Waals surface area contributed by atoms with Gasteiger partial charge in [0.2, 0.25) is 5.89 Å².